The van der Waals surface area contributed by atoms with E-state index >= 15 is 0 Å². The van der Waals surface area contributed by atoms with E-state index in [-0.39, 0.29) is 12.2 Å². The molecule has 0 aromatic carbocycles. The summed E-state index contributed by atoms with van der Waals surface area (Å²) in [5.74, 6) is -2.84. The van der Waals surface area contributed by atoms with Crippen molar-refractivity contribution in [3.8, 4) is 0 Å². The second kappa shape index (κ2) is 7.65. The Hall–Kier alpha value is -2.09. The molecule has 1 aliphatic heterocycles. The summed E-state index contributed by atoms with van der Waals surface area (Å²) in [6, 6.07) is 0. The normalized spacial score (nSPS) is 20.4. The number of carbonyl (C=O) groups excluding carboxylic acids is 3. The largest absolute Gasteiger partial charge is 0.514 e. The van der Waals surface area contributed by atoms with Gasteiger partial charge in [0.2, 0.25) is 11.5 Å². The fourth-order valence-corrected chi connectivity index (χ4v) is 1.94. The average molecular weight is 372 g/mol. The van der Waals surface area contributed by atoms with E-state index in [1.54, 1.807) is 55.4 Å². The molecular formula is C18H28O8. The van der Waals surface area contributed by atoms with Crippen LogP contribution in [0.3, 0.4) is 0 Å². The quantitative estimate of drug-likeness (QED) is 0.321. The van der Waals surface area contributed by atoms with Crippen molar-refractivity contribution in [1.29, 1.82) is 0 Å². The first kappa shape index (κ1) is 22.0. The van der Waals surface area contributed by atoms with Crippen molar-refractivity contribution in [3.63, 3.8) is 0 Å². The van der Waals surface area contributed by atoms with Crippen LogP contribution in [0.2, 0.25) is 0 Å². The number of hydrogen-bond acceptors (Lipinski definition) is 8. The Morgan fingerprint density at radius 1 is 1.08 bits per heavy atom. The molecule has 0 radical (unpaired) electrons. The van der Waals surface area contributed by atoms with Crippen LogP contribution in [0.1, 0.15) is 61.8 Å². The molecule has 0 amide bonds. The summed E-state index contributed by atoms with van der Waals surface area (Å²) in [6.45, 7) is 13.2. The molecule has 0 aromatic heterocycles. The summed E-state index contributed by atoms with van der Waals surface area (Å²) in [6.07, 6.45) is -0.736. The maximum Gasteiger partial charge on any atom is 0.514 e. The van der Waals surface area contributed by atoms with Crippen LogP contribution in [0, 0.1) is 0 Å². The van der Waals surface area contributed by atoms with Crippen LogP contribution in [-0.2, 0) is 33.3 Å². The van der Waals surface area contributed by atoms with Crippen LogP contribution in [-0.4, -0.2) is 41.2 Å². The van der Waals surface area contributed by atoms with Crippen molar-refractivity contribution in [3.05, 3.63) is 11.8 Å². The summed E-state index contributed by atoms with van der Waals surface area (Å²) >= 11 is 0. The average Bonchev–Trinajstić information content (AvgIpc) is 2.62. The van der Waals surface area contributed by atoms with Crippen molar-refractivity contribution in [1.82, 2.24) is 0 Å². The highest BCUT2D eigenvalue weighted by Crippen LogP contribution is 2.26. The van der Waals surface area contributed by atoms with E-state index in [2.05, 4.69) is 0 Å². The topological polar surface area (TPSA) is 97.4 Å². The highest BCUT2D eigenvalue weighted by atomic mass is 16.8. The molecule has 1 aliphatic rings. The van der Waals surface area contributed by atoms with Crippen LogP contribution in [0.5, 0.6) is 0 Å². The standard InChI is InChI=1S/C18H28O8/c1-16(2,3)24-13(19)11(22-15(21)26-17(4,5)6)9-10-12-14(20)25-18(7,8)23-12/h9,12H,10H2,1-8H3/b11-9+/t12-/m0/s1. The molecule has 0 aromatic rings. The van der Waals surface area contributed by atoms with Gasteiger partial charge < -0.3 is 23.7 Å². The number of carbonyl (C=O) groups is 3. The number of ether oxygens (including phenoxy) is 5. The second-order valence-electron chi connectivity index (χ2n) is 8.30. The van der Waals surface area contributed by atoms with E-state index in [1.807, 2.05) is 0 Å². The fraction of sp³-hybridized carbons (Fsp3) is 0.722. The van der Waals surface area contributed by atoms with Gasteiger partial charge in [0.05, 0.1) is 0 Å². The molecule has 148 valence electrons. The Kier molecular flexibility index (Phi) is 6.46. The molecule has 0 aliphatic carbocycles. The Morgan fingerprint density at radius 3 is 2.04 bits per heavy atom. The minimum absolute atomic E-state index is 0.0281. The molecular weight excluding hydrogens is 344 g/mol. The number of rotatable bonds is 4. The summed E-state index contributed by atoms with van der Waals surface area (Å²) in [5.41, 5.74) is -1.59. The summed E-state index contributed by atoms with van der Waals surface area (Å²) in [4.78, 5) is 36.0. The molecule has 8 heteroatoms. The van der Waals surface area contributed by atoms with E-state index in [0.29, 0.717) is 0 Å². The lowest BCUT2D eigenvalue weighted by molar-refractivity contribution is -0.160. The van der Waals surface area contributed by atoms with Gasteiger partial charge in [-0.25, -0.2) is 14.4 Å². The summed E-state index contributed by atoms with van der Waals surface area (Å²) < 4.78 is 25.7. The van der Waals surface area contributed by atoms with Gasteiger partial charge in [0, 0.05) is 20.3 Å². The van der Waals surface area contributed by atoms with E-state index in [0.717, 1.165) is 0 Å². The predicted octanol–water partition coefficient (Wildman–Crippen LogP) is 3.23. The Balaban J connectivity index is 2.91. The Labute approximate surface area is 153 Å². The van der Waals surface area contributed by atoms with Gasteiger partial charge in [-0.15, -0.1) is 0 Å². The van der Waals surface area contributed by atoms with Gasteiger partial charge in [-0.1, -0.05) is 0 Å². The third-order valence-corrected chi connectivity index (χ3v) is 2.74. The van der Waals surface area contributed by atoms with Gasteiger partial charge in [0.25, 0.3) is 0 Å². The van der Waals surface area contributed by atoms with Crippen molar-refractivity contribution in [2.24, 2.45) is 0 Å². The van der Waals surface area contributed by atoms with Crippen LogP contribution < -0.4 is 0 Å². The van der Waals surface area contributed by atoms with E-state index in [4.69, 9.17) is 23.7 Å². The summed E-state index contributed by atoms with van der Waals surface area (Å²) in [7, 11) is 0. The fourth-order valence-electron chi connectivity index (χ4n) is 1.94. The molecule has 0 spiro atoms. The lowest BCUT2D eigenvalue weighted by atomic mass is 10.2. The zero-order valence-corrected chi connectivity index (χ0v) is 16.6. The van der Waals surface area contributed by atoms with Gasteiger partial charge in [-0.3, -0.25) is 0 Å². The van der Waals surface area contributed by atoms with Crippen molar-refractivity contribution < 1.29 is 38.1 Å². The molecule has 1 atom stereocenters. The van der Waals surface area contributed by atoms with Crippen LogP contribution >= 0.6 is 0 Å². The van der Waals surface area contributed by atoms with Gasteiger partial charge in [0.1, 0.15) is 11.2 Å². The van der Waals surface area contributed by atoms with Crippen LogP contribution in [0.15, 0.2) is 11.8 Å². The van der Waals surface area contributed by atoms with Gasteiger partial charge in [0.15, 0.2) is 6.10 Å². The van der Waals surface area contributed by atoms with Gasteiger partial charge >= 0.3 is 18.1 Å². The smallest absolute Gasteiger partial charge is 0.454 e. The lowest BCUT2D eigenvalue weighted by Gasteiger charge is -2.22. The first-order valence-corrected chi connectivity index (χ1v) is 8.33. The van der Waals surface area contributed by atoms with Crippen LogP contribution in [0.25, 0.3) is 0 Å². The molecule has 0 N–H and O–H groups in total. The monoisotopic (exact) mass is 372 g/mol. The molecule has 1 rings (SSSR count). The van der Waals surface area contributed by atoms with E-state index < -0.39 is 41.2 Å². The lowest BCUT2D eigenvalue weighted by Crippen LogP contribution is -2.29. The maximum absolute atomic E-state index is 12.3. The minimum Gasteiger partial charge on any atom is -0.454 e. The summed E-state index contributed by atoms with van der Waals surface area (Å²) in [5, 5.41) is 0. The third kappa shape index (κ3) is 7.86. The first-order chi connectivity index (χ1) is 11.6. The second-order valence-corrected chi connectivity index (χ2v) is 8.30. The molecule has 0 unspecified atom stereocenters. The number of esters is 2. The van der Waals surface area contributed by atoms with E-state index in [1.165, 1.54) is 6.08 Å². The molecule has 1 heterocycles. The first-order valence-electron chi connectivity index (χ1n) is 8.33. The zero-order chi connectivity index (χ0) is 20.3. The molecule has 26 heavy (non-hydrogen) atoms. The molecule has 1 fully saturated rings. The number of hydrogen-bond donors (Lipinski definition) is 0. The molecule has 1 saturated heterocycles. The van der Waals surface area contributed by atoms with Crippen molar-refractivity contribution >= 4 is 18.1 Å². The van der Waals surface area contributed by atoms with Crippen LogP contribution in [0.4, 0.5) is 4.79 Å². The predicted molar refractivity (Wildman–Crippen MR) is 90.9 cm³/mol. The number of cyclic esters (lactones) is 1. The Bertz CT molecular complexity index is 589. The maximum atomic E-state index is 12.3. The molecule has 0 saturated carbocycles. The molecule has 0 bridgehead atoms. The highest BCUT2D eigenvalue weighted by Gasteiger charge is 2.40. The highest BCUT2D eigenvalue weighted by molar-refractivity contribution is 5.89. The third-order valence-electron chi connectivity index (χ3n) is 2.74. The minimum atomic E-state index is -1.05. The molecule has 8 nitrogen and oxygen atoms in total. The SMILES string of the molecule is CC(C)(C)OC(=O)O/C(=C/C[C@@H]1OC(C)(C)OC1=O)C(=O)OC(C)(C)C. The van der Waals surface area contributed by atoms with E-state index in [9.17, 15) is 14.4 Å². The van der Waals surface area contributed by atoms with Crippen molar-refractivity contribution in [2.45, 2.75) is 84.9 Å². The zero-order valence-electron chi connectivity index (χ0n) is 16.6. The van der Waals surface area contributed by atoms with Crippen molar-refractivity contribution in [2.75, 3.05) is 0 Å². The van der Waals surface area contributed by atoms with Gasteiger partial charge in [-0.05, 0) is 47.6 Å². The van der Waals surface area contributed by atoms with Gasteiger partial charge in [-0.2, -0.15) is 0 Å². The Morgan fingerprint density at radius 2 is 1.62 bits per heavy atom.